The number of aromatic nitrogens is 2. The van der Waals surface area contributed by atoms with Crippen LogP contribution < -0.4 is 4.74 Å². The van der Waals surface area contributed by atoms with Crippen LogP contribution in [-0.4, -0.2) is 16.6 Å². The van der Waals surface area contributed by atoms with E-state index in [-0.39, 0.29) is 0 Å². The molecule has 1 N–H and O–H groups in total. The molecular formula is C7H10N2OS. The second kappa shape index (κ2) is 3.48. The van der Waals surface area contributed by atoms with Crippen molar-refractivity contribution in [3.63, 3.8) is 0 Å². The fraction of sp³-hybridized carbons (Fsp3) is 0.429. The summed E-state index contributed by atoms with van der Waals surface area (Å²) in [5.41, 5.74) is 0. The van der Waals surface area contributed by atoms with Crippen LogP contribution in [0, 0.1) is 11.6 Å². The van der Waals surface area contributed by atoms with Crippen LogP contribution in [0.3, 0.4) is 0 Å². The predicted octanol–water partition coefficient (Wildman–Crippen LogP) is 1.85. The van der Waals surface area contributed by atoms with Gasteiger partial charge in [0, 0.05) is 0 Å². The highest BCUT2D eigenvalue weighted by molar-refractivity contribution is 7.71. The number of ether oxygens (including phenoxy) is 1. The van der Waals surface area contributed by atoms with Crippen molar-refractivity contribution in [3.8, 4) is 5.75 Å². The number of aromatic amines is 1. The molecule has 0 radical (unpaired) electrons. The van der Waals surface area contributed by atoms with Gasteiger partial charge in [-0.15, -0.1) is 0 Å². The zero-order chi connectivity index (χ0) is 8.27. The molecule has 0 saturated carbocycles. The number of rotatable bonds is 2. The molecule has 0 aliphatic carbocycles. The molecule has 1 aromatic rings. The topological polar surface area (TPSA) is 37.9 Å². The van der Waals surface area contributed by atoms with Gasteiger partial charge in [0.2, 0.25) is 0 Å². The van der Waals surface area contributed by atoms with E-state index in [0.717, 1.165) is 5.82 Å². The number of nitrogens with one attached hydrogen (secondary N) is 1. The minimum Gasteiger partial charge on any atom is -0.489 e. The van der Waals surface area contributed by atoms with Gasteiger partial charge in [-0.1, -0.05) is 12.2 Å². The van der Waals surface area contributed by atoms with Crippen molar-refractivity contribution in [2.45, 2.75) is 13.8 Å². The Kier molecular flexibility index (Phi) is 2.59. The van der Waals surface area contributed by atoms with Crippen LogP contribution in [0.2, 0.25) is 0 Å². The number of hydrogen-bond donors (Lipinski definition) is 1. The van der Waals surface area contributed by atoms with Crippen LogP contribution in [0.25, 0.3) is 0 Å². The molecule has 0 spiro atoms. The average Bonchev–Trinajstić information content (AvgIpc) is 1.95. The number of aryl methyl sites for hydroxylation is 1. The second-order valence-electron chi connectivity index (χ2n) is 2.09. The van der Waals surface area contributed by atoms with Gasteiger partial charge in [0.1, 0.15) is 10.5 Å². The summed E-state index contributed by atoms with van der Waals surface area (Å²) < 4.78 is 5.80. The van der Waals surface area contributed by atoms with E-state index in [1.807, 2.05) is 13.8 Å². The first-order chi connectivity index (χ1) is 5.24. The molecule has 0 atom stereocenters. The van der Waals surface area contributed by atoms with E-state index in [2.05, 4.69) is 9.97 Å². The van der Waals surface area contributed by atoms with E-state index in [0.29, 0.717) is 17.0 Å². The van der Waals surface area contributed by atoms with E-state index in [1.54, 1.807) is 6.20 Å². The number of nitrogens with zero attached hydrogens (tertiary/aromatic N) is 1. The zero-order valence-electron chi connectivity index (χ0n) is 6.55. The molecule has 0 fully saturated rings. The van der Waals surface area contributed by atoms with Crippen LogP contribution in [0.1, 0.15) is 12.7 Å². The third-order valence-corrected chi connectivity index (χ3v) is 1.50. The fourth-order valence-corrected chi connectivity index (χ4v) is 0.990. The summed E-state index contributed by atoms with van der Waals surface area (Å²) in [5, 5.41) is 0. The van der Waals surface area contributed by atoms with Gasteiger partial charge in [-0.05, 0) is 13.8 Å². The van der Waals surface area contributed by atoms with E-state index in [4.69, 9.17) is 17.0 Å². The third-order valence-electron chi connectivity index (χ3n) is 1.19. The lowest BCUT2D eigenvalue weighted by atomic mass is 10.5. The molecule has 3 nitrogen and oxygen atoms in total. The Morgan fingerprint density at radius 2 is 2.45 bits per heavy atom. The van der Waals surface area contributed by atoms with Crippen LogP contribution >= 0.6 is 12.2 Å². The van der Waals surface area contributed by atoms with Crippen molar-refractivity contribution in [1.82, 2.24) is 9.97 Å². The maximum atomic E-state index is 5.19. The maximum absolute atomic E-state index is 5.19. The molecule has 11 heavy (non-hydrogen) atoms. The summed E-state index contributed by atoms with van der Waals surface area (Å²) in [7, 11) is 0. The van der Waals surface area contributed by atoms with E-state index in [1.165, 1.54) is 0 Å². The van der Waals surface area contributed by atoms with Crippen molar-refractivity contribution in [2.75, 3.05) is 6.61 Å². The van der Waals surface area contributed by atoms with Crippen molar-refractivity contribution < 1.29 is 4.74 Å². The van der Waals surface area contributed by atoms with E-state index >= 15 is 0 Å². The quantitative estimate of drug-likeness (QED) is 0.688. The highest BCUT2D eigenvalue weighted by Gasteiger charge is 1.94. The Balaban J connectivity index is 3.00. The Labute approximate surface area is 70.4 Å². The van der Waals surface area contributed by atoms with Crippen LogP contribution in [-0.2, 0) is 0 Å². The molecule has 1 rings (SSSR count). The molecule has 0 bridgehead atoms. The first-order valence-corrected chi connectivity index (χ1v) is 3.83. The van der Waals surface area contributed by atoms with Crippen molar-refractivity contribution in [1.29, 1.82) is 0 Å². The molecule has 0 aliphatic rings. The zero-order valence-corrected chi connectivity index (χ0v) is 7.36. The number of H-pyrrole nitrogens is 1. The van der Waals surface area contributed by atoms with Gasteiger partial charge in [-0.25, -0.2) is 4.98 Å². The molecule has 0 amide bonds. The van der Waals surface area contributed by atoms with Crippen molar-refractivity contribution >= 4 is 12.2 Å². The Morgan fingerprint density at radius 3 is 3.00 bits per heavy atom. The van der Waals surface area contributed by atoms with Gasteiger partial charge in [-0.3, -0.25) is 0 Å². The molecule has 0 unspecified atom stereocenters. The van der Waals surface area contributed by atoms with E-state index in [9.17, 15) is 0 Å². The molecule has 0 aromatic carbocycles. The van der Waals surface area contributed by atoms with Gasteiger partial charge in [0.25, 0.3) is 0 Å². The standard InChI is InChI=1S/C7H10N2OS/c1-3-10-6-4-8-5(2)9-7(6)11/h4H,3H2,1-2H3,(H,8,9,11). The van der Waals surface area contributed by atoms with Crippen LogP contribution in [0.4, 0.5) is 0 Å². The molecule has 0 aliphatic heterocycles. The molecular weight excluding hydrogens is 160 g/mol. The Bertz CT molecular complexity index is 295. The molecule has 1 heterocycles. The summed E-state index contributed by atoms with van der Waals surface area (Å²) >= 11 is 4.98. The van der Waals surface area contributed by atoms with Gasteiger partial charge < -0.3 is 9.72 Å². The van der Waals surface area contributed by atoms with Gasteiger partial charge in [-0.2, -0.15) is 0 Å². The maximum Gasteiger partial charge on any atom is 0.172 e. The van der Waals surface area contributed by atoms with Crippen LogP contribution in [0.5, 0.6) is 5.75 Å². The molecule has 0 saturated heterocycles. The van der Waals surface area contributed by atoms with Gasteiger partial charge >= 0.3 is 0 Å². The summed E-state index contributed by atoms with van der Waals surface area (Å²) in [6, 6.07) is 0. The van der Waals surface area contributed by atoms with E-state index < -0.39 is 0 Å². The van der Waals surface area contributed by atoms with Crippen LogP contribution in [0.15, 0.2) is 6.20 Å². The Hall–Kier alpha value is -0.900. The minimum absolute atomic E-state index is 0.611. The summed E-state index contributed by atoms with van der Waals surface area (Å²) in [4.78, 5) is 6.91. The first kappa shape index (κ1) is 8.20. The second-order valence-corrected chi connectivity index (χ2v) is 2.50. The van der Waals surface area contributed by atoms with Crippen molar-refractivity contribution in [2.24, 2.45) is 0 Å². The normalized spacial score (nSPS) is 9.64. The lowest BCUT2D eigenvalue weighted by molar-refractivity contribution is 0.335. The molecule has 4 heteroatoms. The SMILES string of the molecule is CCOc1cnc(C)[nH]c1=S. The highest BCUT2D eigenvalue weighted by atomic mass is 32.1. The third kappa shape index (κ3) is 2.01. The molecule has 1 aromatic heterocycles. The minimum atomic E-state index is 0.611. The fourth-order valence-electron chi connectivity index (χ4n) is 0.731. The summed E-state index contributed by atoms with van der Waals surface area (Å²) in [6.07, 6.45) is 1.64. The largest absolute Gasteiger partial charge is 0.489 e. The Morgan fingerprint density at radius 1 is 1.73 bits per heavy atom. The summed E-state index contributed by atoms with van der Waals surface area (Å²) in [6.45, 7) is 4.38. The van der Waals surface area contributed by atoms with Gasteiger partial charge in [0.05, 0.1) is 12.8 Å². The first-order valence-electron chi connectivity index (χ1n) is 3.42. The number of hydrogen-bond acceptors (Lipinski definition) is 3. The van der Waals surface area contributed by atoms with Gasteiger partial charge in [0.15, 0.2) is 5.75 Å². The predicted molar refractivity (Wildman–Crippen MR) is 45.3 cm³/mol. The monoisotopic (exact) mass is 170 g/mol. The lowest BCUT2D eigenvalue weighted by Crippen LogP contribution is -1.96. The summed E-state index contributed by atoms with van der Waals surface area (Å²) in [5.74, 6) is 1.45. The highest BCUT2D eigenvalue weighted by Crippen LogP contribution is 2.08. The average molecular weight is 170 g/mol. The smallest absolute Gasteiger partial charge is 0.172 e. The molecule has 60 valence electrons. The lowest BCUT2D eigenvalue weighted by Gasteiger charge is -2.01. The van der Waals surface area contributed by atoms with Crippen molar-refractivity contribution in [3.05, 3.63) is 16.7 Å².